The van der Waals surface area contributed by atoms with Gasteiger partial charge in [0.2, 0.25) is 14.9 Å². The first-order valence-electron chi connectivity index (χ1n) is 48.5. The first-order chi connectivity index (χ1) is 64.1. The highest BCUT2D eigenvalue weighted by Crippen LogP contribution is 2.52. The zero-order chi connectivity index (χ0) is 99.4. The Bertz CT molecular complexity index is 4690. The molecule has 46 heteroatoms. The number of imidazole rings is 3. The molecule has 137 heavy (non-hydrogen) atoms. The van der Waals surface area contributed by atoms with Crippen LogP contribution in [0.5, 0.6) is 0 Å². The molecule has 4 fully saturated rings. The molecule has 4 aliphatic rings. The lowest BCUT2D eigenvalue weighted by molar-refractivity contribution is -0.156. The van der Waals surface area contributed by atoms with Crippen LogP contribution in [0.25, 0.3) is 33.5 Å². The predicted molar refractivity (Wildman–Crippen MR) is 532 cm³/mol. The van der Waals surface area contributed by atoms with Gasteiger partial charge in [0.25, 0.3) is 0 Å². The van der Waals surface area contributed by atoms with Crippen LogP contribution in [0.2, 0.25) is 0 Å². The fraction of sp³-hybridized carbons (Fsp3) is 0.769. The molecule has 780 valence electrons. The molecule has 0 radical (unpaired) electrons. The van der Waals surface area contributed by atoms with Crippen molar-refractivity contribution in [3.63, 3.8) is 0 Å². The van der Waals surface area contributed by atoms with Crippen LogP contribution in [0, 0.1) is 0 Å². The van der Waals surface area contributed by atoms with Gasteiger partial charge < -0.3 is 95.6 Å². The molecule has 18 N–H and O–H groups in total. The highest BCUT2D eigenvalue weighted by Gasteiger charge is 2.56. The van der Waals surface area contributed by atoms with Crippen LogP contribution in [-0.4, -0.2) is 213 Å². The summed E-state index contributed by atoms with van der Waals surface area (Å²) in [6.45, 7) is 28.1. The number of aromatic nitrogens is 12. The van der Waals surface area contributed by atoms with E-state index in [0.717, 1.165) is 167 Å². The summed E-state index contributed by atoms with van der Waals surface area (Å²) in [7, 11) is -11.6. The summed E-state index contributed by atoms with van der Waals surface area (Å²) >= 11 is 11.8. The van der Waals surface area contributed by atoms with Gasteiger partial charge in [0.15, 0.2) is 34.4 Å². The first kappa shape index (κ1) is 122. The van der Waals surface area contributed by atoms with Crippen molar-refractivity contribution in [2.45, 2.75) is 391 Å². The number of nitrogens with one attached hydrogen (secondary N) is 4. The van der Waals surface area contributed by atoms with Crippen molar-refractivity contribution < 1.29 is 94.9 Å². The average molecular weight is 2030 g/mol. The predicted octanol–water partition coefficient (Wildman–Crippen LogP) is 17.0. The Hall–Kier alpha value is -7.30. The highest BCUT2D eigenvalue weighted by molar-refractivity contribution is 7.60. The number of ether oxygens (including phenoxy) is 9. The minimum atomic E-state index is -4.16. The fourth-order valence-corrected chi connectivity index (χ4v) is 21.1. The molecule has 4 aliphatic carbocycles. The second kappa shape index (κ2) is 60.9. The van der Waals surface area contributed by atoms with Crippen molar-refractivity contribution in [3.8, 4) is 0 Å². The van der Waals surface area contributed by atoms with E-state index in [-0.39, 0.29) is 61.0 Å². The molecule has 6 aromatic heterocycles. The molecule has 1 unspecified atom stereocenters. The smallest absolute Gasteiger partial charge is 0.350 e. The van der Waals surface area contributed by atoms with E-state index in [9.17, 15) is 42.5 Å². The Morgan fingerprint density at radius 3 is 0.942 bits per heavy atom. The monoisotopic (exact) mass is 2030 g/mol. The largest absolute Gasteiger partial charge is 0.464 e. The Balaban J connectivity index is 0.000000391. The molecular weight excluding hydrogens is 1870 g/mol. The zero-order valence-corrected chi connectivity index (χ0v) is 87.7. The SMILES string of the molecule is CCCCCCOC(=O)C(C)(C)Cl.CCCCCCOC(=O)C(C)(C)NP(=O)(CO[C@H](C)Cn1cnc2c(N)ncnc21)NC1(C(=O)OCCCCCC)CCC1.CCCCCCOC(=O)C1(Cl)CCC1.CCCCCCOC(=O)C1(NP(=O)(CO[C@H](C)Cn2cnc3c(N)ncnc32)NC2(C(=O)OCCCCCC)CCC2)CCC1.C[C@H](Cn1cnc2c(N)ncnc21)OCP(=O)(O)O.N.N. The Kier molecular flexibility index (Phi) is 54.2. The number of nitrogens with zero attached hydrogens (tertiary/aromatic N) is 12. The molecule has 0 amide bonds. The summed E-state index contributed by atoms with van der Waals surface area (Å²) in [5.41, 5.74) is 16.1. The first-order valence-corrected chi connectivity index (χ1v) is 54.9. The van der Waals surface area contributed by atoms with Crippen LogP contribution in [0.3, 0.4) is 0 Å². The van der Waals surface area contributed by atoms with Crippen molar-refractivity contribution in [1.29, 1.82) is 0 Å². The zero-order valence-electron chi connectivity index (χ0n) is 83.5. The number of anilines is 3. The maximum Gasteiger partial charge on any atom is 0.350 e. The van der Waals surface area contributed by atoms with E-state index in [2.05, 4.69) is 107 Å². The van der Waals surface area contributed by atoms with E-state index < -0.39 is 103 Å². The van der Waals surface area contributed by atoms with Gasteiger partial charge in [-0.05, 0) is 164 Å². The molecule has 0 bridgehead atoms. The number of fused-ring (bicyclic) bond motifs is 3. The summed E-state index contributed by atoms with van der Waals surface area (Å²) < 4.78 is 95.4. The number of hydrogen-bond donors (Lipinski definition) is 11. The van der Waals surface area contributed by atoms with E-state index in [1.54, 1.807) is 61.0 Å². The second-order valence-electron chi connectivity index (χ2n) is 36.8. The second-order valence-corrected chi connectivity index (χ2v) is 44.4. The summed E-state index contributed by atoms with van der Waals surface area (Å²) in [6, 6.07) is 0. The summed E-state index contributed by atoms with van der Waals surface area (Å²) in [6.07, 6.45) is 39.1. The third-order valence-corrected chi connectivity index (χ3v) is 29.1. The van der Waals surface area contributed by atoms with Gasteiger partial charge >= 0.3 is 43.4 Å². The number of unbranched alkanes of at least 4 members (excludes halogenated alkanes) is 18. The number of nitrogen functional groups attached to an aromatic ring is 3. The van der Waals surface area contributed by atoms with Gasteiger partial charge in [-0.1, -0.05) is 157 Å². The summed E-state index contributed by atoms with van der Waals surface area (Å²) in [4.78, 5) is 129. The molecule has 4 atom stereocenters. The summed E-state index contributed by atoms with van der Waals surface area (Å²) in [5.74, 6) is -1.42. The van der Waals surface area contributed by atoms with Crippen molar-refractivity contribution >= 4 is 132 Å². The van der Waals surface area contributed by atoms with Gasteiger partial charge in [-0.25, -0.2) is 65.2 Å². The minimum absolute atomic E-state index is 0. The van der Waals surface area contributed by atoms with E-state index >= 15 is 0 Å². The molecule has 0 spiro atoms. The van der Waals surface area contributed by atoms with Gasteiger partial charge in [0, 0.05) is 0 Å². The van der Waals surface area contributed by atoms with Crippen LogP contribution in [0.4, 0.5) is 17.5 Å². The van der Waals surface area contributed by atoms with Gasteiger partial charge in [-0.15, -0.1) is 23.2 Å². The number of hydrogen-bond acceptors (Lipinski definition) is 32. The van der Waals surface area contributed by atoms with Gasteiger partial charge in [0.05, 0.1) is 96.6 Å². The van der Waals surface area contributed by atoms with E-state index in [0.29, 0.717) is 125 Å². The molecule has 10 rings (SSSR count). The standard InChI is InChI=1S/C31H52N7O6P.C30H52N7O6P.C11H19ClO2.C10H19ClO2.C9H14N5O4P.2H3N/c1-4-6-8-10-18-42-28(39)30(14-12-15-30)36-45(41,37-31(16-13-17-31)29(40)43-19-11-9-7-5-2)23-44-24(3)20-38-22-35-25-26(32)33-21-34-27(25)38;1-6-8-10-12-17-41-27(38)29(4,5)35-44(40,36-30(15-14-16-30)28(39)42-18-13-11-9-7-2)22-43-23(3)19-37-21-34-24-25(31)32-20-33-26(24)37;1-2-3-4-5-9-14-10(13)11(12)7-6-8-11;1-4-5-6-7-8-13-9(12)10(2,3)11;1-6(18-5-19(15,16)17)2-14-4-13-7-8(10)11-3-12-9(7)14;;/h21-22,24H,4-20,23H2,1-3H3,(H2,32,33,34)(H2,36,37,41);20-21,23H,6-19,22H2,1-5H3,(H2,31,32,33)(H2,35,36,40);2-9H2,1H3;4-8H2,1-3H3;3-4,6H,2,5H2,1H3,(H2,10,11,12)(H2,15,16,17);2*1H3/t24-;23-,44?;;;6-;;/m11..1../s1. The van der Waals surface area contributed by atoms with Gasteiger partial charge in [0.1, 0.15) is 86.5 Å². The van der Waals surface area contributed by atoms with E-state index in [4.69, 9.17) is 92.8 Å². The number of halogens is 2. The number of esters is 6. The number of carbonyl (C=O) groups is 6. The molecule has 0 saturated heterocycles. The Morgan fingerprint density at radius 2 is 0.672 bits per heavy atom. The van der Waals surface area contributed by atoms with Crippen molar-refractivity contribution in [2.24, 2.45) is 0 Å². The maximum absolute atomic E-state index is 14.8. The van der Waals surface area contributed by atoms with Crippen LogP contribution < -0.4 is 49.9 Å². The van der Waals surface area contributed by atoms with Gasteiger partial charge in [-0.2, -0.15) is 0 Å². The van der Waals surface area contributed by atoms with Crippen LogP contribution in [-0.2, 0) is 105 Å². The molecule has 4 saturated carbocycles. The third-order valence-electron chi connectivity index (χ3n) is 23.6. The fourth-order valence-electron chi connectivity index (χ4n) is 14.9. The number of alkyl halides is 2. The topological polar surface area (TPSA) is 604 Å². The molecule has 0 aromatic carbocycles. The lowest BCUT2D eigenvalue weighted by Crippen LogP contribution is -2.62. The molecule has 0 aliphatic heterocycles. The minimum Gasteiger partial charge on any atom is -0.464 e. The van der Waals surface area contributed by atoms with E-state index in [1.165, 1.54) is 51.0 Å². The number of carbonyl (C=O) groups excluding carboxylic acids is 6. The third kappa shape index (κ3) is 40.6. The van der Waals surface area contributed by atoms with Gasteiger partial charge in [-0.3, -0.25) is 42.5 Å². The number of nitrogens with two attached hydrogens (primary N) is 3. The lowest BCUT2D eigenvalue weighted by atomic mass is 9.78. The maximum atomic E-state index is 14.8. The highest BCUT2D eigenvalue weighted by atomic mass is 35.5. The Labute approximate surface area is 819 Å². The molecule has 6 aromatic rings. The number of rotatable bonds is 59. The summed E-state index contributed by atoms with van der Waals surface area (Å²) in [5, 5.41) is 12.5. The molecule has 6 heterocycles. The quantitative estimate of drug-likeness (QED) is 0.00555. The van der Waals surface area contributed by atoms with E-state index in [1.807, 2.05) is 13.8 Å². The Morgan fingerprint density at radius 1 is 0.401 bits per heavy atom. The van der Waals surface area contributed by atoms with Crippen molar-refractivity contribution in [2.75, 3.05) is 75.9 Å². The molecular formula is C91H162Cl2N21O20P3. The lowest BCUT2D eigenvalue weighted by Gasteiger charge is -2.47. The normalized spacial score (nSPS) is 16.1. The van der Waals surface area contributed by atoms with Crippen molar-refractivity contribution in [1.82, 2.24) is 91.2 Å². The van der Waals surface area contributed by atoms with Crippen LogP contribution >= 0.6 is 45.7 Å². The van der Waals surface area contributed by atoms with Crippen LogP contribution in [0.1, 0.15) is 321 Å². The van der Waals surface area contributed by atoms with Crippen LogP contribution in [0.15, 0.2) is 38.0 Å². The molecule has 41 nitrogen and oxygen atoms in total. The van der Waals surface area contributed by atoms with Crippen molar-refractivity contribution in [3.05, 3.63) is 38.0 Å². The average Bonchev–Trinajstić information content (AvgIpc) is 1.47.